The van der Waals surface area contributed by atoms with Gasteiger partial charge in [-0.15, -0.1) is 0 Å². The number of aromatic nitrogens is 1. The average Bonchev–Trinajstić information content (AvgIpc) is 3.57. The maximum Gasteiger partial charge on any atom is 0.416 e. The molecule has 0 radical (unpaired) electrons. The number of fused-ring (bicyclic) bond motifs is 1. The van der Waals surface area contributed by atoms with Gasteiger partial charge in [0.05, 0.1) is 22.2 Å². The summed E-state index contributed by atoms with van der Waals surface area (Å²) in [6, 6.07) is 12.0. The first-order chi connectivity index (χ1) is 19.6. The van der Waals surface area contributed by atoms with Gasteiger partial charge in [-0.05, 0) is 91.1 Å². The van der Waals surface area contributed by atoms with Crippen molar-refractivity contribution in [1.29, 1.82) is 0 Å². The number of rotatable bonds is 4. The number of carbonyl (C=O) groups is 2. The number of amides is 2. The normalized spacial score (nSPS) is 19.9. The molecule has 1 unspecified atom stereocenters. The maximum absolute atomic E-state index is 13.5. The topological polar surface area (TPSA) is 65.5 Å². The third-order valence-electron chi connectivity index (χ3n) is 8.89. The molecule has 41 heavy (non-hydrogen) atoms. The number of nitrogens with zero attached hydrogens (tertiary/aromatic N) is 3. The molecule has 0 bridgehead atoms. The van der Waals surface area contributed by atoms with Crippen molar-refractivity contribution in [3.63, 3.8) is 0 Å². The van der Waals surface area contributed by atoms with E-state index in [0.717, 1.165) is 61.7 Å². The second-order valence-corrected chi connectivity index (χ2v) is 11.7. The van der Waals surface area contributed by atoms with Gasteiger partial charge in [0.15, 0.2) is 0 Å². The Balaban J connectivity index is 1.11. The summed E-state index contributed by atoms with van der Waals surface area (Å²) in [4.78, 5) is 34.9. The van der Waals surface area contributed by atoms with Gasteiger partial charge in [0.1, 0.15) is 0 Å². The molecule has 6 nitrogen and oxygen atoms in total. The average molecular weight is 583 g/mol. The van der Waals surface area contributed by atoms with Crippen LogP contribution in [0.4, 0.5) is 18.9 Å². The molecule has 214 valence electrons. The molecule has 2 fully saturated rings. The lowest BCUT2D eigenvalue weighted by Crippen LogP contribution is -2.44. The standard InChI is InChI=1S/C31H30ClF3N4O2/c32-26-5-4-22(31(33,34)35)18-25(26)28(40)37-27-6-3-20-1-2-21(17-24(20)27)29(41)38-14-9-30(10-15-38)11-16-39(19-30)23-7-12-36-13-8-23/h1-2,4-5,7-8,12-13,17-18,27H,3,6,9-11,14-16,19H2,(H,37,40). The van der Waals surface area contributed by atoms with Crippen LogP contribution in [0, 0.1) is 5.41 Å². The molecule has 6 rings (SSSR count). The summed E-state index contributed by atoms with van der Waals surface area (Å²) in [5.41, 5.74) is 2.63. The van der Waals surface area contributed by atoms with Crippen LogP contribution in [0.2, 0.25) is 5.02 Å². The van der Waals surface area contributed by atoms with Crippen LogP contribution < -0.4 is 10.2 Å². The number of alkyl halides is 3. The van der Waals surface area contributed by atoms with Crippen molar-refractivity contribution >= 4 is 29.1 Å². The Morgan fingerprint density at radius 1 is 0.976 bits per heavy atom. The van der Waals surface area contributed by atoms with Gasteiger partial charge < -0.3 is 15.1 Å². The van der Waals surface area contributed by atoms with Crippen molar-refractivity contribution in [3.8, 4) is 0 Å². The number of pyridine rings is 1. The van der Waals surface area contributed by atoms with E-state index in [1.54, 1.807) is 0 Å². The molecule has 2 saturated heterocycles. The highest BCUT2D eigenvalue weighted by molar-refractivity contribution is 6.33. The predicted molar refractivity (Wildman–Crippen MR) is 150 cm³/mol. The zero-order valence-corrected chi connectivity index (χ0v) is 23.1. The minimum Gasteiger partial charge on any atom is -0.371 e. The molecule has 1 N–H and O–H groups in total. The van der Waals surface area contributed by atoms with Gasteiger partial charge in [0.2, 0.25) is 0 Å². The first kappa shape index (κ1) is 27.6. The van der Waals surface area contributed by atoms with Crippen LogP contribution in [0.3, 0.4) is 0 Å². The van der Waals surface area contributed by atoms with Crippen LogP contribution in [-0.4, -0.2) is 47.9 Å². The van der Waals surface area contributed by atoms with Crippen molar-refractivity contribution < 1.29 is 22.8 Å². The Morgan fingerprint density at radius 2 is 1.71 bits per heavy atom. The second-order valence-electron chi connectivity index (χ2n) is 11.3. The zero-order chi connectivity index (χ0) is 28.8. The van der Waals surface area contributed by atoms with E-state index in [9.17, 15) is 22.8 Å². The van der Waals surface area contributed by atoms with Crippen LogP contribution in [-0.2, 0) is 12.6 Å². The summed E-state index contributed by atoms with van der Waals surface area (Å²) < 4.78 is 39.6. The SMILES string of the molecule is O=C(NC1CCc2ccc(C(=O)N3CCC4(CC3)CCN(c3ccncc3)C4)cc21)c1cc(C(F)(F)F)ccc1Cl. The minimum atomic E-state index is -4.58. The molecular weight excluding hydrogens is 553 g/mol. The predicted octanol–water partition coefficient (Wildman–Crippen LogP) is 6.30. The lowest BCUT2D eigenvalue weighted by atomic mass is 9.77. The Hall–Kier alpha value is -3.59. The van der Waals surface area contributed by atoms with Crippen molar-refractivity contribution in [3.05, 3.63) is 93.8 Å². The molecular formula is C31H30ClF3N4O2. The number of hydrogen-bond acceptors (Lipinski definition) is 4. The van der Waals surface area contributed by atoms with E-state index in [1.165, 1.54) is 5.69 Å². The maximum atomic E-state index is 13.5. The first-order valence-electron chi connectivity index (χ1n) is 13.9. The molecule has 1 spiro atoms. The van der Waals surface area contributed by atoms with Crippen LogP contribution in [0.25, 0.3) is 0 Å². The van der Waals surface area contributed by atoms with Crippen molar-refractivity contribution in [2.45, 2.75) is 44.3 Å². The summed E-state index contributed by atoms with van der Waals surface area (Å²) in [5.74, 6) is -0.709. The van der Waals surface area contributed by atoms with Crippen LogP contribution >= 0.6 is 11.6 Å². The highest BCUT2D eigenvalue weighted by Crippen LogP contribution is 2.42. The fourth-order valence-electron chi connectivity index (χ4n) is 6.48. The summed E-state index contributed by atoms with van der Waals surface area (Å²) in [6.45, 7) is 3.36. The Kier molecular flexibility index (Phi) is 7.18. The molecule has 3 heterocycles. The third kappa shape index (κ3) is 5.52. The minimum absolute atomic E-state index is 0.0375. The molecule has 1 aromatic heterocycles. The summed E-state index contributed by atoms with van der Waals surface area (Å²) in [5, 5.41) is 2.79. The molecule has 0 saturated carbocycles. The second kappa shape index (κ2) is 10.7. The molecule has 2 aliphatic heterocycles. The van der Waals surface area contributed by atoms with E-state index in [1.807, 2.05) is 47.6 Å². The smallest absolute Gasteiger partial charge is 0.371 e. The molecule has 3 aliphatic rings. The highest BCUT2D eigenvalue weighted by atomic mass is 35.5. The zero-order valence-electron chi connectivity index (χ0n) is 22.4. The number of benzene rings is 2. The monoisotopic (exact) mass is 582 g/mol. The number of likely N-dealkylation sites (tertiary alicyclic amines) is 1. The van der Waals surface area contributed by atoms with Crippen LogP contribution in [0.15, 0.2) is 60.9 Å². The summed E-state index contributed by atoms with van der Waals surface area (Å²) in [6.07, 6.45) is 3.33. The number of carbonyl (C=O) groups excluding carboxylic acids is 2. The van der Waals surface area contributed by atoms with E-state index in [2.05, 4.69) is 15.2 Å². The quantitative estimate of drug-likeness (QED) is 0.392. The fraction of sp³-hybridized carbons (Fsp3) is 0.387. The Labute approximate surface area is 241 Å². The molecule has 2 aromatic carbocycles. The van der Waals surface area contributed by atoms with Crippen LogP contribution in [0.1, 0.15) is 69.1 Å². The first-order valence-corrected chi connectivity index (χ1v) is 14.2. The molecule has 1 atom stereocenters. The van der Waals surface area contributed by atoms with E-state index in [0.29, 0.717) is 31.5 Å². The number of nitrogens with one attached hydrogen (secondary N) is 1. The van der Waals surface area contributed by atoms with E-state index in [4.69, 9.17) is 11.6 Å². The van der Waals surface area contributed by atoms with Gasteiger partial charge in [0.25, 0.3) is 11.8 Å². The van der Waals surface area contributed by atoms with Gasteiger partial charge in [-0.1, -0.05) is 17.7 Å². The van der Waals surface area contributed by atoms with Gasteiger partial charge in [-0.25, -0.2) is 0 Å². The van der Waals surface area contributed by atoms with Crippen molar-refractivity contribution in [2.75, 3.05) is 31.1 Å². The van der Waals surface area contributed by atoms with E-state index < -0.39 is 23.7 Å². The number of piperidine rings is 1. The number of halogens is 4. The summed E-state index contributed by atoms with van der Waals surface area (Å²) >= 11 is 6.08. The number of aryl methyl sites for hydroxylation is 1. The van der Waals surface area contributed by atoms with Crippen LogP contribution in [0.5, 0.6) is 0 Å². The van der Waals surface area contributed by atoms with E-state index in [-0.39, 0.29) is 21.9 Å². The summed E-state index contributed by atoms with van der Waals surface area (Å²) in [7, 11) is 0. The molecule has 1 aliphatic carbocycles. The van der Waals surface area contributed by atoms with Gasteiger partial charge in [0, 0.05) is 49.8 Å². The van der Waals surface area contributed by atoms with Gasteiger partial charge in [-0.3, -0.25) is 14.6 Å². The number of hydrogen-bond donors (Lipinski definition) is 1. The lowest BCUT2D eigenvalue weighted by Gasteiger charge is -2.39. The third-order valence-corrected chi connectivity index (χ3v) is 9.22. The lowest BCUT2D eigenvalue weighted by molar-refractivity contribution is -0.137. The Morgan fingerprint density at radius 3 is 2.44 bits per heavy atom. The largest absolute Gasteiger partial charge is 0.416 e. The Bertz CT molecular complexity index is 1470. The highest BCUT2D eigenvalue weighted by Gasteiger charge is 2.41. The van der Waals surface area contributed by atoms with Crippen molar-refractivity contribution in [2.24, 2.45) is 5.41 Å². The molecule has 3 aromatic rings. The van der Waals surface area contributed by atoms with Gasteiger partial charge in [-0.2, -0.15) is 13.2 Å². The van der Waals surface area contributed by atoms with Crippen molar-refractivity contribution in [1.82, 2.24) is 15.2 Å². The molecule has 10 heteroatoms. The van der Waals surface area contributed by atoms with Gasteiger partial charge >= 0.3 is 6.18 Å². The number of anilines is 1. The fourth-order valence-corrected chi connectivity index (χ4v) is 6.69. The van der Waals surface area contributed by atoms with E-state index >= 15 is 0 Å². The molecule has 2 amide bonds.